The molecule has 0 amide bonds. The molecule has 1 aliphatic heterocycles. The molecule has 0 aromatic rings. The largest absolute Gasteiger partial charge is 0.357 e. The minimum atomic E-state index is -3.13. The van der Waals surface area contributed by atoms with Crippen molar-refractivity contribution in [3.05, 3.63) is 0 Å². The summed E-state index contributed by atoms with van der Waals surface area (Å²) in [6, 6.07) is 0.696. The van der Waals surface area contributed by atoms with Gasteiger partial charge < -0.3 is 15.5 Å². The zero-order chi connectivity index (χ0) is 17.1. The summed E-state index contributed by atoms with van der Waals surface area (Å²) in [4.78, 5) is 7.10. The third kappa shape index (κ3) is 9.78. The van der Waals surface area contributed by atoms with Crippen molar-refractivity contribution in [3.8, 4) is 0 Å². The molecule has 1 heterocycles. The Morgan fingerprint density at radius 2 is 2.04 bits per heavy atom. The number of piperidine rings is 1. The number of nitrogens with zero attached hydrogens (tertiary/aromatic N) is 2. The molecule has 0 aromatic heterocycles. The molecule has 8 heteroatoms. The molecule has 0 saturated carbocycles. The highest BCUT2D eigenvalue weighted by atomic mass is 32.2. The molecular weight excluding hydrogens is 314 g/mol. The second-order valence-corrected chi connectivity index (χ2v) is 7.92. The van der Waals surface area contributed by atoms with Gasteiger partial charge in [0.25, 0.3) is 0 Å². The van der Waals surface area contributed by atoms with E-state index in [1.807, 2.05) is 6.92 Å². The van der Waals surface area contributed by atoms with Gasteiger partial charge in [0.2, 0.25) is 10.0 Å². The van der Waals surface area contributed by atoms with Crippen molar-refractivity contribution in [2.45, 2.75) is 45.6 Å². The third-order valence-electron chi connectivity index (χ3n) is 3.94. The summed E-state index contributed by atoms with van der Waals surface area (Å²) in [6.07, 6.45) is 6.17. The molecule has 23 heavy (non-hydrogen) atoms. The average Bonchev–Trinajstić information content (AvgIpc) is 2.48. The maximum atomic E-state index is 11.0. The molecule has 0 spiro atoms. The van der Waals surface area contributed by atoms with Gasteiger partial charge in [-0.1, -0.05) is 6.42 Å². The molecule has 1 saturated heterocycles. The third-order valence-corrected chi connectivity index (χ3v) is 4.67. The molecule has 7 nitrogen and oxygen atoms in total. The van der Waals surface area contributed by atoms with Crippen LogP contribution in [0.2, 0.25) is 0 Å². The Bertz CT molecular complexity index is 453. The number of nitrogens with one attached hydrogen (secondary N) is 3. The average molecular weight is 348 g/mol. The van der Waals surface area contributed by atoms with Crippen LogP contribution in [0.4, 0.5) is 0 Å². The van der Waals surface area contributed by atoms with Gasteiger partial charge in [-0.05, 0) is 39.7 Å². The Hall–Kier alpha value is -0.860. The van der Waals surface area contributed by atoms with Gasteiger partial charge in [-0.25, -0.2) is 13.1 Å². The van der Waals surface area contributed by atoms with E-state index in [-0.39, 0.29) is 0 Å². The monoisotopic (exact) mass is 347 g/mol. The Balaban J connectivity index is 2.25. The number of sulfonamides is 1. The minimum Gasteiger partial charge on any atom is -0.357 e. The summed E-state index contributed by atoms with van der Waals surface area (Å²) in [7, 11) is -3.13. The molecular formula is C15H33N5O2S. The zero-order valence-corrected chi connectivity index (χ0v) is 15.6. The Kier molecular flexibility index (Phi) is 9.50. The van der Waals surface area contributed by atoms with Crippen LogP contribution in [-0.4, -0.2) is 70.8 Å². The van der Waals surface area contributed by atoms with E-state index in [0.29, 0.717) is 19.1 Å². The predicted octanol–water partition coefficient (Wildman–Crippen LogP) is 0.355. The summed E-state index contributed by atoms with van der Waals surface area (Å²) < 4.78 is 24.5. The van der Waals surface area contributed by atoms with Gasteiger partial charge >= 0.3 is 0 Å². The summed E-state index contributed by atoms with van der Waals surface area (Å²) in [5.41, 5.74) is 0. The fourth-order valence-electron chi connectivity index (χ4n) is 2.71. The highest BCUT2D eigenvalue weighted by molar-refractivity contribution is 7.88. The van der Waals surface area contributed by atoms with Crippen molar-refractivity contribution in [1.82, 2.24) is 20.3 Å². The maximum absolute atomic E-state index is 11.0. The maximum Gasteiger partial charge on any atom is 0.208 e. The number of likely N-dealkylation sites (tertiary alicyclic amines) is 1. The van der Waals surface area contributed by atoms with E-state index in [0.717, 1.165) is 38.3 Å². The quantitative estimate of drug-likeness (QED) is 0.318. The lowest BCUT2D eigenvalue weighted by molar-refractivity contribution is 0.160. The summed E-state index contributed by atoms with van der Waals surface area (Å²) in [5, 5.41) is 6.31. The summed E-state index contributed by atoms with van der Waals surface area (Å²) in [6.45, 7) is 9.06. The number of hydrogen-bond donors (Lipinski definition) is 3. The van der Waals surface area contributed by atoms with Gasteiger partial charge in [0.15, 0.2) is 5.96 Å². The van der Waals surface area contributed by atoms with Crippen LogP contribution in [-0.2, 0) is 10.0 Å². The first kappa shape index (κ1) is 20.2. The lowest BCUT2D eigenvalue weighted by Gasteiger charge is -2.33. The molecule has 0 bridgehead atoms. The Labute approximate surface area is 141 Å². The molecule has 0 aromatic carbocycles. The Morgan fingerprint density at radius 3 is 2.70 bits per heavy atom. The summed E-state index contributed by atoms with van der Waals surface area (Å²) >= 11 is 0. The highest BCUT2D eigenvalue weighted by Crippen LogP contribution is 2.16. The molecule has 136 valence electrons. The van der Waals surface area contributed by atoms with Crippen molar-refractivity contribution in [1.29, 1.82) is 0 Å². The van der Waals surface area contributed by atoms with Gasteiger partial charge in [-0.15, -0.1) is 0 Å². The fourth-order valence-corrected chi connectivity index (χ4v) is 3.19. The minimum absolute atomic E-state index is 0.356. The van der Waals surface area contributed by atoms with Crippen molar-refractivity contribution in [2.24, 2.45) is 4.99 Å². The highest BCUT2D eigenvalue weighted by Gasteiger charge is 2.16. The van der Waals surface area contributed by atoms with Crippen LogP contribution in [0, 0.1) is 0 Å². The van der Waals surface area contributed by atoms with Crippen LogP contribution in [0.25, 0.3) is 0 Å². The zero-order valence-electron chi connectivity index (χ0n) is 14.8. The number of guanidine groups is 1. The molecule has 1 atom stereocenters. The summed E-state index contributed by atoms with van der Waals surface area (Å²) in [5.74, 6) is 0.745. The first-order valence-corrected chi connectivity index (χ1v) is 10.5. The molecule has 1 unspecified atom stereocenters. The lowest BCUT2D eigenvalue weighted by atomic mass is 10.0. The smallest absolute Gasteiger partial charge is 0.208 e. The predicted molar refractivity (Wildman–Crippen MR) is 96.3 cm³/mol. The SMILES string of the molecule is CCNC(=NCCCN1CCCCC1C)NCCNS(C)(=O)=O. The van der Waals surface area contributed by atoms with E-state index in [9.17, 15) is 8.42 Å². The fraction of sp³-hybridized carbons (Fsp3) is 0.933. The first-order valence-electron chi connectivity index (χ1n) is 8.63. The van der Waals surface area contributed by atoms with Crippen molar-refractivity contribution in [3.63, 3.8) is 0 Å². The number of aliphatic imine (C=N–C) groups is 1. The number of rotatable bonds is 9. The molecule has 0 radical (unpaired) electrons. The van der Waals surface area contributed by atoms with Gasteiger partial charge in [0.05, 0.1) is 6.26 Å². The molecule has 0 aliphatic carbocycles. The van der Waals surface area contributed by atoms with Gasteiger partial charge in [0, 0.05) is 38.8 Å². The normalized spacial score (nSPS) is 20.5. The van der Waals surface area contributed by atoms with Crippen LogP contribution in [0.15, 0.2) is 4.99 Å². The second kappa shape index (κ2) is 10.8. The van der Waals surface area contributed by atoms with Crippen molar-refractivity contribution < 1.29 is 8.42 Å². The molecule has 1 rings (SSSR count). The van der Waals surface area contributed by atoms with E-state index in [1.165, 1.54) is 25.8 Å². The van der Waals surface area contributed by atoms with E-state index in [1.54, 1.807) is 0 Å². The van der Waals surface area contributed by atoms with Gasteiger partial charge in [-0.3, -0.25) is 4.99 Å². The van der Waals surface area contributed by atoms with Crippen LogP contribution in [0.1, 0.15) is 39.5 Å². The van der Waals surface area contributed by atoms with Gasteiger partial charge in [-0.2, -0.15) is 0 Å². The van der Waals surface area contributed by atoms with Crippen molar-refractivity contribution >= 4 is 16.0 Å². The van der Waals surface area contributed by atoms with Crippen LogP contribution < -0.4 is 15.4 Å². The van der Waals surface area contributed by atoms with Gasteiger partial charge in [0.1, 0.15) is 0 Å². The lowest BCUT2D eigenvalue weighted by Crippen LogP contribution is -2.41. The van der Waals surface area contributed by atoms with Crippen molar-refractivity contribution in [2.75, 3.05) is 45.5 Å². The van der Waals surface area contributed by atoms with Crippen LogP contribution in [0.3, 0.4) is 0 Å². The van der Waals surface area contributed by atoms with E-state index in [2.05, 4.69) is 32.2 Å². The number of hydrogen-bond acceptors (Lipinski definition) is 4. The first-order chi connectivity index (χ1) is 10.9. The van der Waals surface area contributed by atoms with E-state index >= 15 is 0 Å². The molecule has 3 N–H and O–H groups in total. The van der Waals surface area contributed by atoms with Crippen LogP contribution >= 0.6 is 0 Å². The van der Waals surface area contributed by atoms with E-state index in [4.69, 9.17) is 0 Å². The standard InChI is InChI=1S/C15H33N5O2S/c1-4-16-15(18-10-11-19-23(3,21)22)17-9-7-13-20-12-6-5-8-14(20)2/h14,19H,4-13H2,1-3H3,(H2,16,17,18). The van der Waals surface area contributed by atoms with E-state index < -0.39 is 10.0 Å². The van der Waals surface area contributed by atoms with Crippen LogP contribution in [0.5, 0.6) is 0 Å². The molecule has 1 aliphatic rings. The Morgan fingerprint density at radius 1 is 1.26 bits per heavy atom. The molecule has 1 fully saturated rings. The topological polar surface area (TPSA) is 85.8 Å². The second-order valence-electron chi connectivity index (χ2n) is 6.09.